The average molecular weight is 343 g/mol. The molecule has 0 fully saturated rings. The summed E-state index contributed by atoms with van der Waals surface area (Å²) in [6, 6.07) is 11.7. The van der Waals surface area contributed by atoms with Crippen molar-refractivity contribution in [2.75, 3.05) is 0 Å². The molecule has 2 heterocycles. The van der Waals surface area contributed by atoms with Gasteiger partial charge in [-0.05, 0) is 29.8 Å². The fourth-order valence-corrected chi connectivity index (χ4v) is 3.16. The Labute approximate surface area is 144 Å². The molecule has 0 aliphatic rings. The van der Waals surface area contributed by atoms with Crippen molar-refractivity contribution in [1.29, 1.82) is 0 Å². The van der Waals surface area contributed by atoms with E-state index in [1.807, 2.05) is 47.0 Å². The average Bonchev–Trinajstić information content (AvgIpc) is 2.98. The molecule has 0 aliphatic carbocycles. The predicted molar refractivity (Wildman–Crippen MR) is 94.5 cm³/mol. The van der Waals surface area contributed by atoms with Gasteiger partial charge >= 0.3 is 0 Å². The number of halogens is 1. The van der Waals surface area contributed by atoms with Crippen LogP contribution in [-0.2, 0) is 12.3 Å². The van der Waals surface area contributed by atoms with Crippen molar-refractivity contribution in [2.24, 2.45) is 0 Å². The number of rotatable bonds is 6. The van der Waals surface area contributed by atoms with Crippen LogP contribution in [0.25, 0.3) is 11.4 Å². The van der Waals surface area contributed by atoms with Gasteiger partial charge in [0.25, 0.3) is 0 Å². The summed E-state index contributed by atoms with van der Waals surface area (Å²) in [5.74, 6) is 1.61. The number of benzene rings is 1. The number of aromatic nitrogens is 4. The third kappa shape index (κ3) is 3.81. The van der Waals surface area contributed by atoms with Crippen LogP contribution in [0.4, 0.5) is 0 Å². The summed E-state index contributed by atoms with van der Waals surface area (Å²) in [6.45, 7) is 4.48. The van der Waals surface area contributed by atoms with Crippen LogP contribution >= 0.6 is 23.4 Å². The van der Waals surface area contributed by atoms with E-state index < -0.39 is 0 Å². The Bertz CT molecular complexity index is 784. The topological polar surface area (TPSA) is 43.6 Å². The molecule has 0 atom stereocenters. The van der Waals surface area contributed by atoms with E-state index in [-0.39, 0.29) is 0 Å². The molecule has 116 valence electrons. The lowest BCUT2D eigenvalue weighted by Crippen LogP contribution is -2.00. The summed E-state index contributed by atoms with van der Waals surface area (Å²) in [7, 11) is 0. The second kappa shape index (κ2) is 7.44. The molecule has 0 spiro atoms. The maximum absolute atomic E-state index is 5.92. The second-order valence-electron chi connectivity index (χ2n) is 4.86. The predicted octanol–water partition coefficient (Wildman–Crippen LogP) is 4.47. The Morgan fingerprint density at radius 3 is 2.70 bits per heavy atom. The van der Waals surface area contributed by atoms with Crippen LogP contribution in [0.15, 0.2) is 66.6 Å². The summed E-state index contributed by atoms with van der Waals surface area (Å²) >= 11 is 7.56. The first-order valence-corrected chi connectivity index (χ1v) is 8.46. The lowest BCUT2D eigenvalue weighted by Gasteiger charge is -2.07. The maximum Gasteiger partial charge on any atom is 0.192 e. The SMILES string of the molecule is C=CCn1c(SCc2ccc(Cl)cc2)nnc1-c1cccnc1. The van der Waals surface area contributed by atoms with Gasteiger partial charge in [0.15, 0.2) is 11.0 Å². The van der Waals surface area contributed by atoms with E-state index in [4.69, 9.17) is 11.6 Å². The minimum absolute atomic E-state index is 0.653. The zero-order chi connectivity index (χ0) is 16.1. The largest absolute Gasteiger partial charge is 0.298 e. The molecule has 0 amide bonds. The molecule has 0 saturated carbocycles. The Morgan fingerprint density at radius 1 is 1.17 bits per heavy atom. The van der Waals surface area contributed by atoms with Gasteiger partial charge in [-0.15, -0.1) is 16.8 Å². The van der Waals surface area contributed by atoms with E-state index in [9.17, 15) is 0 Å². The minimum Gasteiger partial charge on any atom is -0.298 e. The maximum atomic E-state index is 5.92. The standard InChI is InChI=1S/C17H15ClN4S/c1-2-10-22-16(14-4-3-9-19-11-14)20-21-17(22)23-12-13-5-7-15(18)8-6-13/h2-9,11H,1,10,12H2. The fourth-order valence-electron chi connectivity index (χ4n) is 2.13. The Morgan fingerprint density at radius 2 is 2.00 bits per heavy atom. The van der Waals surface area contributed by atoms with E-state index in [1.54, 1.807) is 24.2 Å². The fraction of sp³-hybridized carbons (Fsp3) is 0.118. The number of pyridine rings is 1. The Balaban J connectivity index is 1.83. The molecule has 0 unspecified atom stereocenters. The van der Waals surface area contributed by atoms with Crippen molar-refractivity contribution in [3.63, 3.8) is 0 Å². The first kappa shape index (κ1) is 15.8. The second-order valence-corrected chi connectivity index (χ2v) is 6.24. The molecule has 0 aliphatic heterocycles. The highest BCUT2D eigenvalue weighted by atomic mass is 35.5. The van der Waals surface area contributed by atoms with Gasteiger partial charge in [0.05, 0.1) is 0 Å². The van der Waals surface area contributed by atoms with Gasteiger partial charge in [-0.1, -0.05) is 41.6 Å². The quantitative estimate of drug-likeness (QED) is 0.489. The van der Waals surface area contributed by atoms with Crippen LogP contribution in [0.5, 0.6) is 0 Å². The van der Waals surface area contributed by atoms with Gasteiger partial charge < -0.3 is 0 Å². The van der Waals surface area contributed by atoms with Gasteiger partial charge in [0.2, 0.25) is 0 Å². The highest BCUT2D eigenvalue weighted by Gasteiger charge is 2.13. The molecule has 3 aromatic rings. The number of hydrogen-bond acceptors (Lipinski definition) is 4. The van der Waals surface area contributed by atoms with Crippen LogP contribution in [-0.4, -0.2) is 19.7 Å². The molecule has 1 aromatic carbocycles. The van der Waals surface area contributed by atoms with Crippen LogP contribution in [0.3, 0.4) is 0 Å². The van der Waals surface area contributed by atoms with Crippen molar-refractivity contribution in [3.8, 4) is 11.4 Å². The van der Waals surface area contributed by atoms with Crippen molar-refractivity contribution in [3.05, 3.63) is 72.0 Å². The van der Waals surface area contributed by atoms with Gasteiger partial charge in [0.1, 0.15) is 0 Å². The zero-order valence-corrected chi connectivity index (χ0v) is 14.0. The van der Waals surface area contributed by atoms with Crippen molar-refractivity contribution < 1.29 is 0 Å². The molecule has 0 saturated heterocycles. The third-order valence-electron chi connectivity index (χ3n) is 3.23. The third-order valence-corrected chi connectivity index (χ3v) is 4.52. The molecule has 23 heavy (non-hydrogen) atoms. The lowest BCUT2D eigenvalue weighted by molar-refractivity contribution is 0.731. The molecule has 0 radical (unpaired) electrons. The Hall–Kier alpha value is -2.11. The van der Waals surface area contributed by atoms with Crippen LogP contribution in [0.1, 0.15) is 5.56 Å². The summed E-state index contributed by atoms with van der Waals surface area (Å²) in [6.07, 6.45) is 5.38. The number of allylic oxidation sites excluding steroid dienone is 1. The van der Waals surface area contributed by atoms with E-state index in [2.05, 4.69) is 21.8 Å². The van der Waals surface area contributed by atoms with Gasteiger partial charge in [-0.2, -0.15) is 0 Å². The lowest BCUT2D eigenvalue weighted by atomic mass is 10.2. The summed E-state index contributed by atoms with van der Waals surface area (Å²) < 4.78 is 2.05. The van der Waals surface area contributed by atoms with Gasteiger partial charge in [0, 0.05) is 35.3 Å². The summed E-state index contributed by atoms with van der Waals surface area (Å²) in [5, 5.41) is 10.2. The molecular formula is C17H15ClN4S. The first-order chi connectivity index (χ1) is 11.3. The van der Waals surface area contributed by atoms with Gasteiger partial charge in [-0.25, -0.2) is 0 Å². The molecule has 2 aromatic heterocycles. The van der Waals surface area contributed by atoms with Crippen molar-refractivity contribution in [2.45, 2.75) is 17.5 Å². The normalized spacial score (nSPS) is 10.7. The zero-order valence-electron chi connectivity index (χ0n) is 12.4. The van der Waals surface area contributed by atoms with Gasteiger partial charge in [-0.3, -0.25) is 9.55 Å². The molecule has 0 bridgehead atoms. The molecule has 0 N–H and O–H groups in total. The number of nitrogens with zero attached hydrogens (tertiary/aromatic N) is 4. The van der Waals surface area contributed by atoms with E-state index in [0.29, 0.717) is 6.54 Å². The smallest absolute Gasteiger partial charge is 0.192 e. The highest BCUT2D eigenvalue weighted by Crippen LogP contribution is 2.26. The highest BCUT2D eigenvalue weighted by molar-refractivity contribution is 7.98. The monoisotopic (exact) mass is 342 g/mol. The van der Waals surface area contributed by atoms with Crippen molar-refractivity contribution >= 4 is 23.4 Å². The van der Waals surface area contributed by atoms with E-state index in [0.717, 1.165) is 27.3 Å². The number of hydrogen-bond donors (Lipinski definition) is 0. The first-order valence-electron chi connectivity index (χ1n) is 7.09. The summed E-state index contributed by atoms with van der Waals surface area (Å²) in [5.41, 5.74) is 2.13. The summed E-state index contributed by atoms with van der Waals surface area (Å²) in [4.78, 5) is 4.15. The molecule has 3 rings (SSSR count). The minimum atomic E-state index is 0.653. The van der Waals surface area contributed by atoms with E-state index in [1.165, 1.54) is 5.56 Å². The van der Waals surface area contributed by atoms with Crippen LogP contribution < -0.4 is 0 Å². The Kier molecular flexibility index (Phi) is 5.10. The van der Waals surface area contributed by atoms with Crippen molar-refractivity contribution in [1.82, 2.24) is 19.7 Å². The molecule has 4 nitrogen and oxygen atoms in total. The van der Waals surface area contributed by atoms with E-state index >= 15 is 0 Å². The number of thioether (sulfide) groups is 1. The van der Waals surface area contributed by atoms with Crippen LogP contribution in [0, 0.1) is 0 Å². The molecular weight excluding hydrogens is 328 g/mol. The molecule has 6 heteroatoms. The van der Waals surface area contributed by atoms with Crippen LogP contribution in [0.2, 0.25) is 5.02 Å².